The summed E-state index contributed by atoms with van der Waals surface area (Å²) in [7, 11) is 0. The number of aliphatic carboxylic acids is 1. The lowest BCUT2D eigenvalue weighted by atomic mass is 10.1. The molecule has 1 aliphatic carbocycles. The maximum absolute atomic E-state index is 12.7. The second-order valence-electron chi connectivity index (χ2n) is 6.33. The largest absolute Gasteiger partial charge is 0.491 e. The molecule has 1 aromatic rings. The van der Waals surface area contributed by atoms with Gasteiger partial charge in [-0.3, -0.25) is 9.59 Å². The van der Waals surface area contributed by atoms with Crippen LogP contribution in [0.5, 0.6) is 5.75 Å². The first-order valence-corrected chi connectivity index (χ1v) is 7.15. The fourth-order valence-electron chi connectivity index (χ4n) is 3.27. The predicted octanol–water partition coefficient (Wildman–Crippen LogP) is 1.76. The van der Waals surface area contributed by atoms with Crippen LogP contribution in [0.4, 0.5) is 0 Å². The van der Waals surface area contributed by atoms with Gasteiger partial charge in [0.2, 0.25) is 5.91 Å². The van der Waals surface area contributed by atoms with Gasteiger partial charge in [0.1, 0.15) is 12.4 Å². The molecular weight excluding hydrogens is 270 g/mol. The third kappa shape index (κ3) is 2.26. The molecule has 2 atom stereocenters. The Balaban J connectivity index is 1.79. The minimum Gasteiger partial charge on any atom is -0.491 e. The van der Waals surface area contributed by atoms with E-state index in [1.54, 1.807) is 4.90 Å². The van der Waals surface area contributed by atoms with Crippen molar-refractivity contribution in [1.82, 2.24) is 4.90 Å². The third-order valence-electron chi connectivity index (χ3n) is 4.62. The van der Waals surface area contributed by atoms with Crippen LogP contribution in [0.3, 0.4) is 0 Å². The predicted molar refractivity (Wildman–Crippen MR) is 75.8 cm³/mol. The number of hydrogen-bond acceptors (Lipinski definition) is 3. The Labute approximate surface area is 123 Å². The molecule has 1 amide bonds. The van der Waals surface area contributed by atoms with Crippen LogP contribution in [0.1, 0.15) is 19.4 Å². The summed E-state index contributed by atoms with van der Waals surface area (Å²) in [5.74, 6) is -1.17. The highest BCUT2D eigenvalue weighted by Gasteiger charge is 2.66. The first-order valence-electron chi connectivity index (χ1n) is 7.15. The molecular formula is C16H19NO4. The number of carbonyl (C=O) groups is 2. The van der Waals surface area contributed by atoms with Crippen molar-refractivity contribution in [3.8, 4) is 5.75 Å². The van der Waals surface area contributed by atoms with Gasteiger partial charge in [0.15, 0.2) is 0 Å². The van der Waals surface area contributed by atoms with Crippen LogP contribution in [0.25, 0.3) is 0 Å². The molecule has 0 radical (unpaired) electrons. The van der Waals surface area contributed by atoms with Crippen molar-refractivity contribution in [1.29, 1.82) is 0 Å². The van der Waals surface area contributed by atoms with E-state index in [0.717, 1.165) is 11.3 Å². The van der Waals surface area contributed by atoms with Crippen molar-refractivity contribution in [2.24, 2.45) is 17.3 Å². The van der Waals surface area contributed by atoms with Crippen molar-refractivity contribution in [3.63, 3.8) is 0 Å². The van der Waals surface area contributed by atoms with Crippen LogP contribution < -0.4 is 4.74 Å². The van der Waals surface area contributed by atoms with E-state index in [4.69, 9.17) is 4.74 Å². The molecule has 3 rings (SSSR count). The molecule has 112 valence electrons. The standard InChI is InChI=1S/C16H19NO4/c1-16(2)12(13(16)15(19)20)14(18)17-7-8-21-11-6-4-3-5-10(11)9-17/h3-6,12-13H,7-9H2,1-2H3,(H,19,20). The summed E-state index contributed by atoms with van der Waals surface area (Å²) in [5, 5.41) is 9.22. The number of ether oxygens (including phenoxy) is 1. The van der Waals surface area contributed by atoms with Crippen molar-refractivity contribution >= 4 is 11.9 Å². The number of fused-ring (bicyclic) bond motifs is 1. The van der Waals surface area contributed by atoms with E-state index in [0.29, 0.717) is 19.7 Å². The number of amides is 1. The summed E-state index contributed by atoms with van der Waals surface area (Å²) >= 11 is 0. The van der Waals surface area contributed by atoms with Crippen LogP contribution in [0.2, 0.25) is 0 Å². The lowest BCUT2D eigenvalue weighted by Gasteiger charge is -2.20. The maximum Gasteiger partial charge on any atom is 0.307 e. The highest BCUT2D eigenvalue weighted by Crippen LogP contribution is 2.59. The molecule has 1 heterocycles. The zero-order valence-electron chi connectivity index (χ0n) is 12.2. The number of rotatable bonds is 2. The molecule has 5 nitrogen and oxygen atoms in total. The Kier molecular flexibility index (Phi) is 3.15. The normalized spacial score (nSPS) is 26.3. The molecule has 5 heteroatoms. The molecule has 2 unspecified atom stereocenters. The highest BCUT2D eigenvalue weighted by atomic mass is 16.5. The lowest BCUT2D eigenvalue weighted by molar-refractivity contribution is -0.142. The molecule has 21 heavy (non-hydrogen) atoms. The first-order chi connectivity index (χ1) is 9.93. The number of hydrogen-bond donors (Lipinski definition) is 1. The van der Waals surface area contributed by atoms with Gasteiger partial charge in [0.05, 0.1) is 18.4 Å². The van der Waals surface area contributed by atoms with E-state index in [2.05, 4.69) is 0 Å². The fourth-order valence-corrected chi connectivity index (χ4v) is 3.27. The van der Waals surface area contributed by atoms with Crippen LogP contribution in [-0.4, -0.2) is 35.0 Å². The number of para-hydroxylation sites is 1. The van der Waals surface area contributed by atoms with E-state index >= 15 is 0 Å². The van der Waals surface area contributed by atoms with Gasteiger partial charge in [-0.05, 0) is 11.5 Å². The molecule has 1 fully saturated rings. The molecule has 1 N–H and O–H groups in total. The Morgan fingerprint density at radius 2 is 2.00 bits per heavy atom. The Morgan fingerprint density at radius 3 is 2.67 bits per heavy atom. The number of benzene rings is 1. The molecule has 1 aliphatic heterocycles. The van der Waals surface area contributed by atoms with E-state index in [1.807, 2.05) is 38.1 Å². The average Bonchev–Trinajstić information content (AvgIpc) is 3.07. The van der Waals surface area contributed by atoms with Gasteiger partial charge < -0.3 is 14.7 Å². The number of carboxylic acids is 1. The topological polar surface area (TPSA) is 66.8 Å². The Hall–Kier alpha value is -2.04. The van der Waals surface area contributed by atoms with E-state index in [9.17, 15) is 14.7 Å². The number of carbonyl (C=O) groups excluding carboxylic acids is 1. The Bertz CT molecular complexity index is 596. The molecule has 2 aliphatic rings. The summed E-state index contributed by atoms with van der Waals surface area (Å²) in [5.41, 5.74) is 0.504. The zero-order valence-corrected chi connectivity index (χ0v) is 12.2. The van der Waals surface area contributed by atoms with Crippen LogP contribution in [0, 0.1) is 17.3 Å². The molecule has 1 aromatic carbocycles. The van der Waals surface area contributed by atoms with Gasteiger partial charge in [0.25, 0.3) is 0 Å². The fraction of sp³-hybridized carbons (Fsp3) is 0.500. The Morgan fingerprint density at radius 1 is 1.29 bits per heavy atom. The van der Waals surface area contributed by atoms with Crippen LogP contribution >= 0.6 is 0 Å². The number of carboxylic acid groups (broad SMARTS) is 1. The van der Waals surface area contributed by atoms with Crippen LogP contribution in [0.15, 0.2) is 24.3 Å². The first kappa shape index (κ1) is 13.9. The lowest BCUT2D eigenvalue weighted by Crippen LogP contribution is -2.35. The molecule has 0 saturated heterocycles. The minimum absolute atomic E-state index is 0.0762. The second-order valence-corrected chi connectivity index (χ2v) is 6.33. The van der Waals surface area contributed by atoms with Gasteiger partial charge in [-0.15, -0.1) is 0 Å². The average molecular weight is 289 g/mol. The maximum atomic E-state index is 12.7. The monoisotopic (exact) mass is 289 g/mol. The summed E-state index contributed by atoms with van der Waals surface area (Å²) in [6.45, 7) is 5.10. The summed E-state index contributed by atoms with van der Waals surface area (Å²) in [6, 6.07) is 7.65. The van der Waals surface area contributed by atoms with Crippen molar-refractivity contribution in [3.05, 3.63) is 29.8 Å². The summed E-state index contributed by atoms with van der Waals surface area (Å²) in [6.07, 6.45) is 0. The SMILES string of the molecule is CC1(C)C(C(=O)O)C1C(=O)N1CCOc2ccccc2C1. The van der Waals surface area contributed by atoms with E-state index in [-0.39, 0.29) is 5.91 Å². The van der Waals surface area contributed by atoms with E-state index < -0.39 is 23.2 Å². The van der Waals surface area contributed by atoms with Crippen molar-refractivity contribution < 1.29 is 19.4 Å². The smallest absolute Gasteiger partial charge is 0.307 e. The quantitative estimate of drug-likeness (QED) is 0.901. The van der Waals surface area contributed by atoms with Gasteiger partial charge >= 0.3 is 5.97 Å². The summed E-state index contributed by atoms with van der Waals surface area (Å²) in [4.78, 5) is 25.6. The third-order valence-corrected chi connectivity index (χ3v) is 4.62. The summed E-state index contributed by atoms with van der Waals surface area (Å²) < 4.78 is 5.65. The number of nitrogens with zero attached hydrogens (tertiary/aromatic N) is 1. The minimum atomic E-state index is -0.884. The molecule has 1 saturated carbocycles. The highest BCUT2D eigenvalue weighted by molar-refractivity contribution is 5.91. The molecule has 0 spiro atoms. The zero-order chi connectivity index (χ0) is 15.2. The van der Waals surface area contributed by atoms with E-state index in [1.165, 1.54) is 0 Å². The van der Waals surface area contributed by atoms with Crippen molar-refractivity contribution in [2.45, 2.75) is 20.4 Å². The van der Waals surface area contributed by atoms with Gasteiger partial charge in [-0.1, -0.05) is 32.0 Å². The van der Waals surface area contributed by atoms with Gasteiger partial charge in [-0.2, -0.15) is 0 Å². The van der Waals surface area contributed by atoms with Crippen molar-refractivity contribution in [2.75, 3.05) is 13.2 Å². The van der Waals surface area contributed by atoms with Gasteiger partial charge in [0, 0.05) is 12.1 Å². The van der Waals surface area contributed by atoms with Gasteiger partial charge in [-0.25, -0.2) is 0 Å². The second kappa shape index (κ2) is 4.76. The molecule has 0 aromatic heterocycles. The molecule has 0 bridgehead atoms. The van der Waals surface area contributed by atoms with Crippen LogP contribution in [-0.2, 0) is 16.1 Å².